The fourth-order valence-electron chi connectivity index (χ4n) is 4.23. The first-order chi connectivity index (χ1) is 15.9. The van der Waals surface area contributed by atoms with Gasteiger partial charge in [-0.25, -0.2) is 9.59 Å². The van der Waals surface area contributed by atoms with Gasteiger partial charge in [-0.3, -0.25) is 0 Å². The van der Waals surface area contributed by atoms with Gasteiger partial charge in [-0.2, -0.15) is 0 Å². The van der Waals surface area contributed by atoms with Crippen molar-refractivity contribution in [2.24, 2.45) is 0 Å². The molecule has 33 heavy (non-hydrogen) atoms. The van der Waals surface area contributed by atoms with Crippen molar-refractivity contribution in [1.82, 2.24) is 10.6 Å². The van der Waals surface area contributed by atoms with Crippen molar-refractivity contribution in [2.45, 2.75) is 57.8 Å². The molecule has 0 aromatic heterocycles. The van der Waals surface area contributed by atoms with E-state index in [0.29, 0.717) is 22.6 Å². The maximum atomic E-state index is 13.2. The molecule has 7 heteroatoms. The fraction of sp³-hybridized carbons (Fsp3) is 0.385. The van der Waals surface area contributed by atoms with E-state index < -0.39 is 18.0 Å². The van der Waals surface area contributed by atoms with Crippen molar-refractivity contribution in [2.75, 3.05) is 7.11 Å². The van der Waals surface area contributed by atoms with Crippen molar-refractivity contribution in [3.05, 3.63) is 65.2 Å². The van der Waals surface area contributed by atoms with Crippen LogP contribution >= 0.6 is 0 Å². The summed E-state index contributed by atoms with van der Waals surface area (Å²) in [6, 6.07) is 13.7. The quantitative estimate of drug-likeness (QED) is 0.596. The third-order valence-corrected chi connectivity index (χ3v) is 5.83. The number of carbonyl (C=O) groups excluding carboxylic acids is 2. The van der Waals surface area contributed by atoms with Crippen LogP contribution in [0.5, 0.6) is 11.5 Å². The van der Waals surface area contributed by atoms with E-state index in [0.717, 1.165) is 24.2 Å². The second kappa shape index (κ2) is 9.98. The molecule has 1 saturated carbocycles. The number of urea groups is 1. The SMILES string of the molecule is COc1ccc(C2=C(C(=O)OC(C)C)C(c3ccc(OC4CCCC4)cc3)NC(=O)N2)cc1. The van der Waals surface area contributed by atoms with Crippen LogP contribution in [0.1, 0.15) is 56.7 Å². The average Bonchev–Trinajstić information content (AvgIpc) is 3.31. The van der Waals surface area contributed by atoms with Crippen LogP contribution in [0.15, 0.2) is 54.1 Å². The summed E-state index contributed by atoms with van der Waals surface area (Å²) in [5, 5.41) is 5.67. The third-order valence-electron chi connectivity index (χ3n) is 5.83. The van der Waals surface area contributed by atoms with Crippen LogP contribution in [-0.2, 0) is 9.53 Å². The molecule has 1 atom stereocenters. The molecule has 2 aromatic carbocycles. The van der Waals surface area contributed by atoms with E-state index in [-0.39, 0.29) is 12.2 Å². The number of hydrogen-bond donors (Lipinski definition) is 2. The zero-order chi connectivity index (χ0) is 23.4. The lowest BCUT2D eigenvalue weighted by atomic mass is 9.92. The molecule has 4 rings (SSSR count). The summed E-state index contributed by atoms with van der Waals surface area (Å²) in [6.45, 7) is 3.59. The highest BCUT2D eigenvalue weighted by atomic mass is 16.5. The highest BCUT2D eigenvalue weighted by Gasteiger charge is 2.35. The van der Waals surface area contributed by atoms with Gasteiger partial charge in [-0.05, 0) is 87.1 Å². The van der Waals surface area contributed by atoms with Crippen molar-refractivity contribution in [3.63, 3.8) is 0 Å². The van der Waals surface area contributed by atoms with Crippen LogP contribution in [0.25, 0.3) is 5.70 Å². The van der Waals surface area contributed by atoms with Crippen LogP contribution in [0.2, 0.25) is 0 Å². The summed E-state index contributed by atoms with van der Waals surface area (Å²) >= 11 is 0. The Morgan fingerprint density at radius 1 is 0.970 bits per heavy atom. The minimum atomic E-state index is -0.664. The standard InChI is InChI=1S/C26H30N2O5/c1-16(2)32-25(29)22-23(17-8-12-19(31-3)13-9-17)27-26(30)28-24(22)18-10-14-21(15-11-18)33-20-6-4-5-7-20/h8-16,20,24H,4-7H2,1-3H3,(H2,27,28,30). The lowest BCUT2D eigenvalue weighted by Crippen LogP contribution is -2.45. The van der Waals surface area contributed by atoms with Crippen LogP contribution in [0.3, 0.4) is 0 Å². The van der Waals surface area contributed by atoms with Crippen LogP contribution in [-0.4, -0.2) is 31.3 Å². The van der Waals surface area contributed by atoms with Crippen molar-refractivity contribution in [3.8, 4) is 11.5 Å². The lowest BCUT2D eigenvalue weighted by Gasteiger charge is -2.30. The van der Waals surface area contributed by atoms with Gasteiger partial charge in [0.25, 0.3) is 0 Å². The van der Waals surface area contributed by atoms with Gasteiger partial charge in [0, 0.05) is 0 Å². The normalized spacial score (nSPS) is 18.7. The molecular weight excluding hydrogens is 420 g/mol. The summed E-state index contributed by atoms with van der Waals surface area (Å²) < 4.78 is 16.8. The molecule has 2 N–H and O–H groups in total. The lowest BCUT2D eigenvalue weighted by molar-refractivity contribution is -0.143. The molecule has 1 fully saturated rings. The monoisotopic (exact) mass is 450 g/mol. The van der Waals surface area contributed by atoms with Crippen LogP contribution in [0, 0.1) is 0 Å². The molecule has 2 amide bonds. The Morgan fingerprint density at radius 2 is 1.61 bits per heavy atom. The van der Waals surface area contributed by atoms with Crippen molar-refractivity contribution < 1.29 is 23.8 Å². The first-order valence-corrected chi connectivity index (χ1v) is 11.4. The Balaban J connectivity index is 1.70. The molecule has 0 spiro atoms. The molecule has 0 bridgehead atoms. The predicted molar refractivity (Wildman–Crippen MR) is 125 cm³/mol. The van der Waals surface area contributed by atoms with Crippen LogP contribution in [0.4, 0.5) is 4.79 Å². The van der Waals surface area contributed by atoms with Crippen LogP contribution < -0.4 is 20.1 Å². The molecular formula is C26H30N2O5. The number of esters is 1. The molecule has 1 unspecified atom stereocenters. The van der Waals surface area contributed by atoms with Gasteiger partial charge in [-0.1, -0.05) is 12.1 Å². The first-order valence-electron chi connectivity index (χ1n) is 11.4. The largest absolute Gasteiger partial charge is 0.497 e. The summed E-state index contributed by atoms with van der Waals surface area (Å²) in [5.41, 5.74) is 2.22. The summed E-state index contributed by atoms with van der Waals surface area (Å²) in [6.07, 6.45) is 4.50. The number of benzene rings is 2. The zero-order valence-electron chi connectivity index (χ0n) is 19.2. The van der Waals surface area contributed by atoms with E-state index in [2.05, 4.69) is 10.6 Å². The summed E-state index contributed by atoms with van der Waals surface area (Å²) in [7, 11) is 1.59. The molecule has 2 aliphatic rings. The second-order valence-electron chi connectivity index (χ2n) is 8.60. The molecule has 1 aliphatic heterocycles. The average molecular weight is 451 g/mol. The molecule has 2 aromatic rings. The number of hydrogen-bond acceptors (Lipinski definition) is 5. The Morgan fingerprint density at radius 3 is 2.21 bits per heavy atom. The van der Waals surface area contributed by atoms with Gasteiger partial charge in [0.15, 0.2) is 0 Å². The smallest absolute Gasteiger partial charge is 0.338 e. The highest BCUT2D eigenvalue weighted by molar-refractivity contribution is 6.04. The highest BCUT2D eigenvalue weighted by Crippen LogP contribution is 2.34. The minimum Gasteiger partial charge on any atom is -0.497 e. The van der Waals surface area contributed by atoms with Gasteiger partial charge in [0.1, 0.15) is 11.5 Å². The Hall–Kier alpha value is -3.48. The summed E-state index contributed by atoms with van der Waals surface area (Å²) in [4.78, 5) is 25.8. The van der Waals surface area contributed by atoms with E-state index >= 15 is 0 Å². The first kappa shape index (κ1) is 22.7. The van der Waals surface area contributed by atoms with Gasteiger partial charge < -0.3 is 24.8 Å². The number of methoxy groups -OCH3 is 1. The summed E-state index contributed by atoms with van der Waals surface area (Å²) in [5.74, 6) is 0.983. The number of amides is 2. The number of ether oxygens (including phenoxy) is 3. The minimum absolute atomic E-state index is 0.257. The third kappa shape index (κ3) is 5.30. The van der Waals surface area contributed by atoms with E-state index in [1.807, 2.05) is 24.3 Å². The van der Waals surface area contributed by atoms with E-state index in [1.54, 1.807) is 45.2 Å². The molecule has 0 radical (unpaired) electrons. The maximum absolute atomic E-state index is 13.2. The Labute approximate surface area is 194 Å². The van der Waals surface area contributed by atoms with Gasteiger partial charge in [-0.15, -0.1) is 0 Å². The molecule has 1 aliphatic carbocycles. The Bertz CT molecular complexity index is 1020. The molecule has 174 valence electrons. The second-order valence-corrected chi connectivity index (χ2v) is 8.60. The maximum Gasteiger partial charge on any atom is 0.338 e. The van der Waals surface area contributed by atoms with Crippen molar-refractivity contribution in [1.29, 1.82) is 0 Å². The number of nitrogens with one attached hydrogen (secondary N) is 2. The van der Waals surface area contributed by atoms with Gasteiger partial charge in [0.2, 0.25) is 0 Å². The molecule has 1 heterocycles. The number of carbonyl (C=O) groups is 2. The Kier molecular flexibility index (Phi) is 6.87. The topological polar surface area (TPSA) is 85.9 Å². The molecule has 7 nitrogen and oxygen atoms in total. The predicted octanol–water partition coefficient (Wildman–Crippen LogP) is 4.73. The van der Waals surface area contributed by atoms with E-state index in [1.165, 1.54) is 12.8 Å². The van der Waals surface area contributed by atoms with Crippen molar-refractivity contribution >= 4 is 17.7 Å². The van der Waals surface area contributed by atoms with E-state index in [9.17, 15) is 9.59 Å². The van der Waals surface area contributed by atoms with Gasteiger partial charge >= 0.3 is 12.0 Å². The number of rotatable bonds is 7. The fourth-order valence-corrected chi connectivity index (χ4v) is 4.23. The zero-order valence-corrected chi connectivity index (χ0v) is 19.2. The van der Waals surface area contributed by atoms with E-state index in [4.69, 9.17) is 14.2 Å². The van der Waals surface area contributed by atoms with Gasteiger partial charge in [0.05, 0.1) is 36.6 Å². The molecule has 0 saturated heterocycles.